The van der Waals surface area contributed by atoms with Gasteiger partial charge in [-0.3, -0.25) is 0 Å². The lowest BCUT2D eigenvalue weighted by Crippen LogP contribution is -2.63. The first-order valence-corrected chi connectivity index (χ1v) is 7.75. The van der Waals surface area contributed by atoms with Crippen LogP contribution >= 0.6 is 11.8 Å². The topological polar surface area (TPSA) is 21.3 Å². The lowest BCUT2D eigenvalue weighted by atomic mass is 9.64. The molecule has 0 aromatic rings. The third kappa shape index (κ3) is 2.57. The van der Waals surface area contributed by atoms with Crippen molar-refractivity contribution in [3.8, 4) is 0 Å². The summed E-state index contributed by atoms with van der Waals surface area (Å²) < 4.78 is 5.77. The van der Waals surface area contributed by atoms with Crippen LogP contribution in [-0.2, 0) is 4.74 Å². The second-order valence-corrected chi connectivity index (χ2v) is 6.83. The van der Waals surface area contributed by atoms with Gasteiger partial charge in [0.1, 0.15) is 0 Å². The highest BCUT2D eigenvalue weighted by Crippen LogP contribution is 2.43. The minimum atomic E-state index is 0.320. The van der Waals surface area contributed by atoms with E-state index in [1.165, 1.54) is 30.8 Å². The number of rotatable bonds is 4. The van der Waals surface area contributed by atoms with E-state index < -0.39 is 0 Å². The van der Waals surface area contributed by atoms with Crippen molar-refractivity contribution in [3.63, 3.8) is 0 Å². The van der Waals surface area contributed by atoms with Crippen LogP contribution in [0.2, 0.25) is 0 Å². The van der Waals surface area contributed by atoms with Crippen LogP contribution in [0.3, 0.4) is 0 Å². The fourth-order valence-corrected chi connectivity index (χ4v) is 3.91. The predicted molar refractivity (Wildman–Crippen MR) is 71.1 cm³/mol. The van der Waals surface area contributed by atoms with Gasteiger partial charge in [0, 0.05) is 24.1 Å². The summed E-state index contributed by atoms with van der Waals surface area (Å²) in [5.41, 5.74) is 0.320. The van der Waals surface area contributed by atoms with Gasteiger partial charge in [-0.05, 0) is 37.7 Å². The first kappa shape index (κ1) is 12.7. The Hall–Kier alpha value is 0.270. The Kier molecular flexibility index (Phi) is 4.20. The molecule has 16 heavy (non-hydrogen) atoms. The molecule has 3 heteroatoms. The third-order valence-corrected chi connectivity index (χ3v) is 5.25. The smallest absolute Gasteiger partial charge is 0.0655 e. The molecule has 1 saturated carbocycles. The normalized spacial score (nSPS) is 34.7. The maximum Gasteiger partial charge on any atom is 0.0655 e. The average molecular weight is 243 g/mol. The molecule has 94 valence electrons. The molecule has 1 aliphatic heterocycles. The van der Waals surface area contributed by atoms with Gasteiger partial charge >= 0.3 is 0 Å². The first-order chi connectivity index (χ1) is 7.64. The lowest BCUT2D eigenvalue weighted by molar-refractivity contribution is -0.116. The van der Waals surface area contributed by atoms with E-state index in [9.17, 15) is 0 Å². The maximum absolute atomic E-state index is 5.77. The van der Waals surface area contributed by atoms with Crippen LogP contribution in [0.25, 0.3) is 0 Å². The van der Waals surface area contributed by atoms with Crippen LogP contribution in [0, 0.1) is 5.41 Å². The van der Waals surface area contributed by atoms with Crippen molar-refractivity contribution < 1.29 is 4.74 Å². The molecule has 0 aromatic heterocycles. The van der Waals surface area contributed by atoms with E-state index in [1.807, 2.05) is 0 Å². The standard InChI is InChI=1S/C13H25NOS/c1-4-15-12-9-11(13(12,2)3)14-10-5-7-16-8-6-10/h10-12,14H,4-9H2,1-3H3. The van der Waals surface area contributed by atoms with Crippen LogP contribution in [0.4, 0.5) is 0 Å². The molecule has 2 rings (SSSR count). The molecule has 2 atom stereocenters. The van der Waals surface area contributed by atoms with E-state index >= 15 is 0 Å². The number of nitrogens with one attached hydrogen (secondary N) is 1. The van der Waals surface area contributed by atoms with Crippen molar-refractivity contribution in [2.45, 2.75) is 58.2 Å². The summed E-state index contributed by atoms with van der Waals surface area (Å²) in [5, 5.41) is 3.84. The molecular formula is C13H25NOS. The third-order valence-electron chi connectivity index (χ3n) is 4.20. The fourth-order valence-electron chi connectivity index (χ4n) is 2.80. The Labute approximate surface area is 104 Å². The van der Waals surface area contributed by atoms with Gasteiger partial charge in [-0.25, -0.2) is 0 Å². The molecule has 0 radical (unpaired) electrons. The highest BCUT2D eigenvalue weighted by Gasteiger charge is 2.49. The summed E-state index contributed by atoms with van der Waals surface area (Å²) in [5.74, 6) is 2.67. The molecule has 1 N–H and O–H groups in total. The second kappa shape index (κ2) is 5.28. The summed E-state index contributed by atoms with van der Waals surface area (Å²) in [4.78, 5) is 0. The van der Waals surface area contributed by atoms with E-state index in [4.69, 9.17) is 4.74 Å². The van der Waals surface area contributed by atoms with Gasteiger partial charge in [0.2, 0.25) is 0 Å². The van der Waals surface area contributed by atoms with Crippen molar-refractivity contribution in [2.75, 3.05) is 18.1 Å². The zero-order valence-corrected chi connectivity index (χ0v) is 11.6. The summed E-state index contributed by atoms with van der Waals surface area (Å²) in [7, 11) is 0. The van der Waals surface area contributed by atoms with Gasteiger partial charge in [-0.1, -0.05) is 13.8 Å². The number of ether oxygens (including phenoxy) is 1. The largest absolute Gasteiger partial charge is 0.378 e. The van der Waals surface area contributed by atoms with E-state index in [2.05, 4.69) is 37.8 Å². The zero-order chi connectivity index (χ0) is 11.6. The Bertz CT molecular complexity index is 226. The van der Waals surface area contributed by atoms with Gasteiger partial charge in [0.25, 0.3) is 0 Å². The zero-order valence-electron chi connectivity index (χ0n) is 10.8. The highest BCUT2D eigenvalue weighted by atomic mass is 32.2. The molecule has 0 aromatic carbocycles. The molecule has 2 fully saturated rings. The fraction of sp³-hybridized carbons (Fsp3) is 1.00. The molecule has 0 amide bonds. The number of hydrogen-bond donors (Lipinski definition) is 1. The van der Waals surface area contributed by atoms with E-state index in [1.54, 1.807) is 0 Å². The SMILES string of the molecule is CCOC1CC(NC2CCSCC2)C1(C)C. The summed E-state index contributed by atoms with van der Waals surface area (Å²) in [6.07, 6.45) is 4.35. The maximum atomic E-state index is 5.77. The molecule has 1 saturated heterocycles. The summed E-state index contributed by atoms with van der Waals surface area (Å²) in [6.45, 7) is 7.62. The first-order valence-electron chi connectivity index (χ1n) is 6.60. The van der Waals surface area contributed by atoms with Gasteiger partial charge in [-0.2, -0.15) is 11.8 Å². The molecule has 2 nitrogen and oxygen atoms in total. The minimum absolute atomic E-state index is 0.320. The summed E-state index contributed by atoms with van der Waals surface area (Å²) in [6, 6.07) is 1.42. The van der Waals surface area contributed by atoms with Crippen LogP contribution in [0.1, 0.15) is 40.0 Å². The van der Waals surface area contributed by atoms with Crippen LogP contribution < -0.4 is 5.32 Å². The van der Waals surface area contributed by atoms with E-state index in [0.29, 0.717) is 17.6 Å². The Balaban J connectivity index is 1.79. The molecule has 1 heterocycles. The van der Waals surface area contributed by atoms with Crippen molar-refractivity contribution in [3.05, 3.63) is 0 Å². The van der Waals surface area contributed by atoms with Gasteiger partial charge in [0.05, 0.1) is 6.10 Å². The lowest BCUT2D eigenvalue weighted by Gasteiger charge is -2.53. The van der Waals surface area contributed by atoms with Crippen LogP contribution in [-0.4, -0.2) is 36.3 Å². The molecule has 2 unspecified atom stereocenters. The molecule has 0 bridgehead atoms. The second-order valence-electron chi connectivity index (χ2n) is 5.61. The summed E-state index contributed by atoms with van der Waals surface area (Å²) >= 11 is 2.10. The van der Waals surface area contributed by atoms with Crippen molar-refractivity contribution >= 4 is 11.8 Å². The van der Waals surface area contributed by atoms with Crippen molar-refractivity contribution in [2.24, 2.45) is 5.41 Å². The Morgan fingerprint density at radius 3 is 2.56 bits per heavy atom. The van der Waals surface area contributed by atoms with Crippen LogP contribution in [0.5, 0.6) is 0 Å². The molecule has 0 spiro atoms. The van der Waals surface area contributed by atoms with Crippen LogP contribution in [0.15, 0.2) is 0 Å². The Morgan fingerprint density at radius 2 is 2.00 bits per heavy atom. The highest BCUT2D eigenvalue weighted by molar-refractivity contribution is 7.99. The Morgan fingerprint density at radius 1 is 1.31 bits per heavy atom. The quantitative estimate of drug-likeness (QED) is 0.820. The van der Waals surface area contributed by atoms with Crippen molar-refractivity contribution in [1.82, 2.24) is 5.32 Å². The molecule has 1 aliphatic carbocycles. The van der Waals surface area contributed by atoms with Crippen molar-refractivity contribution in [1.29, 1.82) is 0 Å². The van der Waals surface area contributed by atoms with Gasteiger partial charge in [-0.15, -0.1) is 0 Å². The molecular weight excluding hydrogens is 218 g/mol. The van der Waals surface area contributed by atoms with E-state index in [-0.39, 0.29) is 0 Å². The van der Waals surface area contributed by atoms with Gasteiger partial charge in [0.15, 0.2) is 0 Å². The average Bonchev–Trinajstić information content (AvgIpc) is 2.29. The monoisotopic (exact) mass is 243 g/mol. The molecule has 2 aliphatic rings. The number of thioether (sulfide) groups is 1. The minimum Gasteiger partial charge on any atom is -0.378 e. The van der Waals surface area contributed by atoms with E-state index in [0.717, 1.165) is 12.6 Å². The number of hydrogen-bond acceptors (Lipinski definition) is 3. The van der Waals surface area contributed by atoms with Gasteiger partial charge < -0.3 is 10.1 Å². The predicted octanol–water partition coefficient (Wildman–Crippen LogP) is 2.68.